The number of carbonyl (C=O) groups is 2. The summed E-state index contributed by atoms with van der Waals surface area (Å²) in [6.07, 6.45) is 1.66. The first-order valence-electron chi connectivity index (χ1n) is 7.51. The highest BCUT2D eigenvalue weighted by atomic mass is 35.5. The minimum Gasteiger partial charge on any atom is -0.479 e. The Balaban J connectivity index is 1.76. The molecule has 1 aliphatic rings. The summed E-state index contributed by atoms with van der Waals surface area (Å²) in [6, 6.07) is 2.17. The van der Waals surface area contributed by atoms with Crippen LogP contribution in [0.1, 0.15) is 46.0 Å². The SMILES string of the molecule is O=C(NC(C(=O)O)c1ccc(Cl)c(F)c1)c1csc(C2CCCO2)n1. The molecule has 3 rings (SSSR count). The molecule has 1 aromatic carbocycles. The fraction of sp³-hybridized carbons (Fsp3) is 0.312. The molecule has 2 unspecified atom stereocenters. The van der Waals surface area contributed by atoms with Gasteiger partial charge >= 0.3 is 5.97 Å². The molecule has 0 saturated carbocycles. The van der Waals surface area contributed by atoms with Crippen molar-refractivity contribution in [1.29, 1.82) is 0 Å². The second-order valence-corrected chi connectivity index (χ2v) is 6.79. The topological polar surface area (TPSA) is 88.5 Å². The van der Waals surface area contributed by atoms with Crippen molar-refractivity contribution in [1.82, 2.24) is 10.3 Å². The number of aromatic nitrogens is 1. The normalized spacial score (nSPS) is 18.1. The Bertz CT molecular complexity index is 807. The molecule has 0 spiro atoms. The molecule has 1 saturated heterocycles. The van der Waals surface area contributed by atoms with E-state index in [0.717, 1.165) is 18.9 Å². The van der Waals surface area contributed by atoms with Gasteiger partial charge in [-0.05, 0) is 30.5 Å². The van der Waals surface area contributed by atoms with Crippen LogP contribution in [0, 0.1) is 5.82 Å². The summed E-state index contributed by atoms with van der Waals surface area (Å²) >= 11 is 6.89. The standard InChI is InChI=1S/C16H14ClFN2O4S/c17-9-4-3-8(6-10(9)18)13(16(22)23)20-14(21)11-7-25-15(19-11)12-2-1-5-24-12/h3-4,6-7,12-13H,1-2,5H2,(H,20,21)(H,22,23). The molecule has 0 radical (unpaired) electrons. The first kappa shape index (κ1) is 17.8. The molecule has 2 N–H and O–H groups in total. The molecule has 25 heavy (non-hydrogen) atoms. The molecule has 2 heterocycles. The van der Waals surface area contributed by atoms with Crippen LogP contribution in [-0.2, 0) is 9.53 Å². The summed E-state index contributed by atoms with van der Waals surface area (Å²) in [5.74, 6) is -2.72. The highest BCUT2D eigenvalue weighted by Gasteiger charge is 2.26. The Kier molecular flexibility index (Phi) is 5.31. The van der Waals surface area contributed by atoms with Crippen molar-refractivity contribution < 1.29 is 23.8 Å². The lowest BCUT2D eigenvalue weighted by Crippen LogP contribution is -2.34. The van der Waals surface area contributed by atoms with Crippen LogP contribution in [0.2, 0.25) is 5.02 Å². The van der Waals surface area contributed by atoms with Crippen LogP contribution in [-0.4, -0.2) is 28.6 Å². The Morgan fingerprint density at radius 3 is 2.92 bits per heavy atom. The van der Waals surface area contributed by atoms with E-state index in [0.29, 0.717) is 11.6 Å². The van der Waals surface area contributed by atoms with Crippen LogP contribution in [0.5, 0.6) is 0 Å². The van der Waals surface area contributed by atoms with Gasteiger partial charge in [0.15, 0.2) is 6.04 Å². The van der Waals surface area contributed by atoms with Gasteiger partial charge in [0.2, 0.25) is 0 Å². The molecule has 6 nitrogen and oxygen atoms in total. The van der Waals surface area contributed by atoms with E-state index in [2.05, 4.69) is 10.3 Å². The van der Waals surface area contributed by atoms with E-state index in [9.17, 15) is 19.1 Å². The Morgan fingerprint density at radius 2 is 2.28 bits per heavy atom. The molecule has 2 aromatic rings. The lowest BCUT2D eigenvalue weighted by atomic mass is 10.1. The summed E-state index contributed by atoms with van der Waals surface area (Å²) in [5, 5.41) is 13.8. The fourth-order valence-corrected chi connectivity index (χ4v) is 3.50. The average Bonchev–Trinajstić information content (AvgIpc) is 3.25. The van der Waals surface area contributed by atoms with Gasteiger partial charge in [-0.25, -0.2) is 14.2 Å². The molecule has 9 heteroatoms. The second-order valence-electron chi connectivity index (χ2n) is 5.49. The smallest absolute Gasteiger partial charge is 0.330 e. The monoisotopic (exact) mass is 384 g/mol. The number of aliphatic carboxylic acids is 1. The van der Waals surface area contributed by atoms with Gasteiger partial charge < -0.3 is 15.2 Å². The van der Waals surface area contributed by atoms with E-state index in [4.69, 9.17) is 16.3 Å². The third-order valence-corrected chi connectivity index (χ3v) is 5.00. The quantitative estimate of drug-likeness (QED) is 0.825. The zero-order valence-corrected chi connectivity index (χ0v) is 14.4. The first-order chi connectivity index (χ1) is 12.0. The third kappa shape index (κ3) is 3.97. The van der Waals surface area contributed by atoms with E-state index in [1.54, 1.807) is 5.38 Å². The van der Waals surface area contributed by atoms with Gasteiger partial charge in [-0.1, -0.05) is 17.7 Å². The highest BCUT2D eigenvalue weighted by Crippen LogP contribution is 2.30. The summed E-state index contributed by atoms with van der Waals surface area (Å²) in [6.45, 7) is 0.662. The van der Waals surface area contributed by atoms with E-state index in [-0.39, 0.29) is 22.4 Å². The van der Waals surface area contributed by atoms with Crippen molar-refractivity contribution in [2.45, 2.75) is 25.0 Å². The van der Waals surface area contributed by atoms with Gasteiger partial charge in [0.05, 0.1) is 5.02 Å². The number of hydrogen-bond acceptors (Lipinski definition) is 5. The molecule has 2 atom stereocenters. The molecule has 0 aliphatic carbocycles. The van der Waals surface area contributed by atoms with Gasteiger partial charge in [0.25, 0.3) is 5.91 Å². The van der Waals surface area contributed by atoms with Gasteiger partial charge in [-0.15, -0.1) is 11.3 Å². The molecule has 1 aromatic heterocycles. The maximum absolute atomic E-state index is 13.6. The maximum Gasteiger partial charge on any atom is 0.330 e. The summed E-state index contributed by atoms with van der Waals surface area (Å²) < 4.78 is 19.1. The van der Waals surface area contributed by atoms with E-state index < -0.39 is 23.7 Å². The Labute approximate surface area is 151 Å². The lowest BCUT2D eigenvalue weighted by Gasteiger charge is -2.14. The van der Waals surface area contributed by atoms with E-state index in [1.807, 2.05) is 0 Å². The number of halogens is 2. The first-order valence-corrected chi connectivity index (χ1v) is 8.77. The molecule has 1 fully saturated rings. The number of ether oxygens (including phenoxy) is 1. The summed E-state index contributed by atoms with van der Waals surface area (Å²) in [7, 11) is 0. The average molecular weight is 385 g/mol. The van der Waals surface area contributed by atoms with Crippen molar-refractivity contribution in [3.8, 4) is 0 Å². The largest absolute Gasteiger partial charge is 0.479 e. The van der Waals surface area contributed by atoms with Crippen LogP contribution in [0.25, 0.3) is 0 Å². The molecule has 0 bridgehead atoms. The summed E-state index contributed by atoms with van der Waals surface area (Å²) in [4.78, 5) is 28.0. The van der Waals surface area contributed by atoms with Gasteiger partial charge in [0.1, 0.15) is 22.6 Å². The minimum absolute atomic E-state index is 0.0809. The number of rotatable bonds is 5. The third-order valence-electron chi connectivity index (χ3n) is 3.76. The van der Waals surface area contributed by atoms with Gasteiger partial charge in [-0.3, -0.25) is 4.79 Å². The van der Waals surface area contributed by atoms with Crippen molar-refractivity contribution in [2.75, 3.05) is 6.61 Å². The zero-order chi connectivity index (χ0) is 18.0. The number of carboxylic acid groups (broad SMARTS) is 1. The number of carbonyl (C=O) groups excluding carboxylic acids is 1. The van der Waals surface area contributed by atoms with Crippen LogP contribution >= 0.6 is 22.9 Å². The maximum atomic E-state index is 13.6. The number of hydrogen-bond donors (Lipinski definition) is 2. The van der Waals surface area contributed by atoms with Crippen molar-refractivity contribution in [3.63, 3.8) is 0 Å². The second kappa shape index (κ2) is 7.47. The molecule has 1 amide bonds. The predicted octanol–water partition coefficient (Wildman–Crippen LogP) is 3.34. The Hall–Kier alpha value is -2.03. The molecule has 1 aliphatic heterocycles. The summed E-state index contributed by atoms with van der Waals surface area (Å²) in [5.41, 5.74) is 0.188. The molecular formula is C16H14ClFN2O4S. The molecule has 132 valence electrons. The Morgan fingerprint density at radius 1 is 1.48 bits per heavy atom. The van der Waals surface area contributed by atoms with Gasteiger partial charge in [-0.2, -0.15) is 0 Å². The number of nitrogens with zero attached hydrogens (tertiary/aromatic N) is 1. The fourth-order valence-electron chi connectivity index (χ4n) is 2.50. The van der Waals surface area contributed by atoms with Crippen LogP contribution < -0.4 is 5.32 Å². The highest BCUT2D eigenvalue weighted by molar-refractivity contribution is 7.09. The van der Waals surface area contributed by atoms with E-state index >= 15 is 0 Å². The number of benzene rings is 1. The van der Waals surface area contributed by atoms with Crippen molar-refractivity contribution in [2.24, 2.45) is 0 Å². The zero-order valence-electron chi connectivity index (χ0n) is 12.9. The van der Waals surface area contributed by atoms with Crippen LogP contribution in [0.15, 0.2) is 23.6 Å². The van der Waals surface area contributed by atoms with Crippen LogP contribution in [0.3, 0.4) is 0 Å². The minimum atomic E-state index is -1.41. The number of nitrogens with one attached hydrogen (secondary N) is 1. The molecular weight excluding hydrogens is 371 g/mol. The number of thiazole rings is 1. The van der Waals surface area contributed by atoms with Crippen molar-refractivity contribution in [3.05, 3.63) is 50.7 Å². The van der Waals surface area contributed by atoms with E-state index in [1.165, 1.54) is 23.5 Å². The number of carboxylic acids is 1. The lowest BCUT2D eigenvalue weighted by molar-refractivity contribution is -0.139. The van der Waals surface area contributed by atoms with Crippen molar-refractivity contribution >= 4 is 34.8 Å². The van der Waals surface area contributed by atoms with Crippen LogP contribution in [0.4, 0.5) is 4.39 Å². The number of amides is 1. The van der Waals surface area contributed by atoms with Gasteiger partial charge in [0, 0.05) is 12.0 Å². The predicted molar refractivity (Wildman–Crippen MR) is 89.3 cm³/mol.